The van der Waals surface area contributed by atoms with Gasteiger partial charge in [0.15, 0.2) is 5.75 Å². The van der Waals surface area contributed by atoms with Crippen LogP contribution in [0, 0.1) is 5.82 Å². The Bertz CT molecular complexity index is 600. The van der Waals surface area contributed by atoms with Gasteiger partial charge in [-0.25, -0.2) is 4.39 Å². The van der Waals surface area contributed by atoms with E-state index in [0.29, 0.717) is 10.8 Å². The number of halogens is 2. The number of fused-ring (bicyclic) bond motifs is 1. The van der Waals surface area contributed by atoms with Crippen LogP contribution in [-0.2, 0) is 0 Å². The third-order valence-electron chi connectivity index (χ3n) is 3.25. The standard InChI is InChI=1S/C15H13ClFNO/c1-9-14(10-5-7-11(17)8-6-10)19-15-12(16)3-2-4-13(15)18-9/h2-9,14,18H,1H3. The highest BCUT2D eigenvalue weighted by Crippen LogP contribution is 2.41. The molecule has 0 saturated heterocycles. The van der Waals surface area contributed by atoms with Gasteiger partial charge in [0, 0.05) is 0 Å². The van der Waals surface area contributed by atoms with Gasteiger partial charge in [0.2, 0.25) is 0 Å². The fourth-order valence-corrected chi connectivity index (χ4v) is 2.52. The molecule has 2 aromatic carbocycles. The quantitative estimate of drug-likeness (QED) is 0.833. The Kier molecular flexibility index (Phi) is 3.07. The molecule has 0 aliphatic carbocycles. The normalized spacial score (nSPS) is 21.2. The lowest BCUT2D eigenvalue weighted by Gasteiger charge is -2.33. The Balaban J connectivity index is 1.97. The van der Waals surface area contributed by atoms with Crippen LogP contribution in [0.2, 0.25) is 5.02 Å². The molecular weight excluding hydrogens is 265 g/mol. The monoisotopic (exact) mass is 277 g/mol. The van der Waals surface area contributed by atoms with Crippen molar-refractivity contribution in [3.8, 4) is 5.75 Å². The summed E-state index contributed by atoms with van der Waals surface area (Å²) in [5.74, 6) is 0.398. The summed E-state index contributed by atoms with van der Waals surface area (Å²) in [6, 6.07) is 12.0. The van der Waals surface area contributed by atoms with Crippen molar-refractivity contribution in [2.45, 2.75) is 19.1 Å². The summed E-state index contributed by atoms with van der Waals surface area (Å²) >= 11 is 6.14. The molecule has 0 bridgehead atoms. The molecule has 0 radical (unpaired) electrons. The molecule has 19 heavy (non-hydrogen) atoms. The Morgan fingerprint density at radius 1 is 1.16 bits per heavy atom. The van der Waals surface area contributed by atoms with Crippen molar-refractivity contribution in [3.05, 3.63) is 58.9 Å². The molecule has 1 N–H and O–H groups in total. The first-order valence-electron chi connectivity index (χ1n) is 6.12. The van der Waals surface area contributed by atoms with Crippen LogP contribution < -0.4 is 10.1 Å². The molecule has 3 rings (SSSR count). The molecule has 0 aromatic heterocycles. The van der Waals surface area contributed by atoms with Crippen LogP contribution >= 0.6 is 11.6 Å². The van der Waals surface area contributed by atoms with E-state index in [1.54, 1.807) is 18.2 Å². The van der Waals surface area contributed by atoms with E-state index in [9.17, 15) is 4.39 Å². The van der Waals surface area contributed by atoms with E-state index in [2.05, 4.69) is 5.32 Å². The second-order valence-electron chi connectivity index (χ2n) is 4.64. The number of nitrogens with one attached hydrogen (secondary N) is 1. The van der Waals surface area contributed by atoms with Gasteiger partial charge >= 0.3 is 0 Å². The highest BCUT2D eigenvalue weighted by molar-refractivity contribution is 6.32. The Labute approximate surface area is 116 Å². The Hall–Kier alpha value is -1.74. The number of hydrogen-bond acceptors (Lipinski definition) is 2. The predicted molar refractivity (Wildman–Crippen MR) is 74.3 cm³/mol. The van der Waals surface area contributed by atoms with Crippen LogP contribution in [0.3, 0.4) is 0 Å². The van der Waals surface area contributed by atoms with E-state index in [4.69, 9.17) is 16.3 Å². The summed E-state index contributed by atoms with van der Waals surface area (Å²) in [6.07, 6.45) is -0.187. The van der Waals surface area contributed by atoms with E-state index >= 15 is 0 Å². The molecule has 4 heteroatoms. The second-order valence-corrected chi connectivity index (χ2v) is 5.05. The highest BCUT2D eigenvalue weighted by Gasteiger charge is 2.28. The van der Waals surface area contributed by atoms with Crippen molar-refractivity contribution < 1.29 is 9.13 Å². The number of para-hydroxylation sites is 1. The van der Waals surface area contributed by atoms with Crippen molar-refractivity contribution in [2.24, 2.45) is 0 Å². The predicted octanol–water partition coefficient (Wildman–Crippen LogP) is 4.41. The Morgan fingerprint density at radius 2 is 1.89 bits per heavy atom. The minimum absolute atomic E-state index is 0.0800. The molecule has 0 amide bonds. The average Bonchev–Trinajstić information content (AvgIpc) is 2.40. The van der Waals surface area contributed by atoms with Crippen LogP contribution in [0.15, 0.2) is 42.5 Å². The van der Waals surface area contributed by atoms with E-state index in [0.717, 1.165) is 11.3 Å². The lowest BCUT2D eigenvalue weighted by molar-refractivity contribution is 0.177. The maximum atomic E-state index is 13.0. The third kappa shape index (κ3) is 2.26. The second kappa shape index (κ2) is 4.74. The van der Waals surface area contributed by atoms with E-state index in [-0.39, 0.29) is 18.0 Å². The molecule has 1 aliphatic heterocycles. The van der Waals surface area contributed by atoms with Gasteiger partial charge < -0.3 is 10.1 Å². The molecule has 0 spiro atoms. The maximum absolute atomic E-state index is 13.0. The lowest BCUT2D eigenvalue weighted by atomic mass is 10.0. The fourth-order valence-electron chi connectivity index (χ4n) is 2.30. The molecular formula is C15H13ClFNO. The smallest absolute Gasteiger partial charge is 0.162 e. The summed E-state index contributed by atoms with van der Waals surface area (Å²) in [7, 11) is 0. The van der Waals surface area contributed by atoms with Gasteiger partial charge in [-0.1, -0.05) is 29.8 Å². The van der Waals surface area contributed by atoms with Crippen LogP contribution in [0.25, 0.3) is 0 Å². The molecule has 2 atom stereocenters. The summed E-state index contributed by atoms with van der Waals surface area (Å²) < 4.78 is 19.0. The summed E-state index contributed by atoms with van der Waals surface area (Å²) in [5.41, 5.74) is 1.81. The SMILES string of the molecule is CC1Nc2cccc(Cl)c2OC1c1ccc(F)cc1. The van der Waals surface area contributed by atoms with Crippen LogP contribution in [0.1, 0.15) is 18.6 Å². The number of rotatable bonds is 1. The van der Waals surface area contributed by atoms with Gasteiger partial charge in [-0.3, -0.25) is 0 Å². The van der Waals surface area contributed by atoms with Crippen LogP contribution in [0.4, 0.5) is 10.1 Å². The minimum Gasteiger partial charge on any atom is -0.480 e. The van der Waals surface area contributed by atoms with Crippen molar-refractivity contribution >= 4 is 17.3 Å². The maximum Gasteiger partial charge on any atom is 0.162 e. The van der Waals surface area contributed by atoms with Crippen molar-refractivity contribution in [3.63, 3.8) is 0 Å². The molecule has 1 heterocycles. The Morgan fingerprint density at radius 3 is 2.63 bits per heavy atom. The number of ether oxygens (including phenoxy) is 1. The summed E-state index contributed by atoms with van der Waals surface area (Å²) in [4.78, 5) is 0. The first-order valence-corrected chi connectivity index (χ1v) is 6.50. The van der Waals surface area contributed by atoms with E-state index < -0.39 is 0 Å². The van der Waals surface area contributed by atoms with Crippen molar-refractivity contribution in [1.82, 2.24) is 0 Å². The fraction of sp³-hybridized carbons (Fsp3) is 0.200. The van der Waals surface area contributed by atoms with Crippen LogP contribution in [0.5, 0.6) is 5.75 Å². The molecule has 2 nitrogen and oxygen atoms in total. The van der Waals surface area contributed by atoms with Gasteiger partial charge in [0.25, 0.3) is 0 Å². The summed E-state index contributed by atoms with van der Waals surface area (Å²) in [6.45, 7) is 2.03. The number of benzene rings is 2. The topological polar surface area (TPSA) is 21.3 Å². The minimum atomic E-state index is -0.251. The van der Waals surface area contributed by atoms with Gasteiger partial charge in [-0.05, 0) is 36.8 Å². The molecule has 0 fully saturated rings. The summed E-state index contributed by atoms with van der Waals surface area (Å²) in [5, 5.41) is 3.93. The van der Waals surface area contributed by atoms with E-state index in [1.807, 2.05) is 19.1 Å². The zero-order valence-electron chi connectivity index (χ0n) is 10.4. The lowest BCUT2D eigenvalue weighted by Crippen LogP contribution is -2.32. The van der Waals surface area contributed by atoms with Crippen molar-refractivity contribution in [2.75, 3.05) is 5.32 Å². The number of anilines is 1. The zero-order chi connectivity index (χ0) is 13.4. The van der Waals surface area contributed by atoms with E-state index in [1.165, 1.54) is 12.1 Å². The number of hydrogen-bond donors (Lipinski definition) is 1. The van der Waals surface area contributed by atoms with Gasteiger partial charge in [0.1, 0.15) is 11.9 Å². The largest absolute Gasteiger partial charge is 0.480 e. The first kappa shape index (κ1) is 12.3. The highest BCUT2D eigenvalue weighted by atomic mass is 35.5. The van der Waals surface area contributed by atoms with Gasteiger partial charge in [0.05, 0.1) is 16.8 Å². The molecule has 0 saturated carbocycles. The zero-order valence-corrected chi connectivity index (χ0v) is 11.1. The molecule has 98 valence electrons. The first-order chi connectivity index (χ1) is 9.15. The molecule has 2 aromatic rings. The van der Waals surface area contributed by atoms with Gasteiger partial charge in [-0.2, -0.15) is 0 Å². The molecule has 2 unspecified atom stereocenters. The average molecular weight is 278 g/mol. The van der Waals surface area contributed by atoms with Crippen molar-refractivity contribution in [1.29, 1.82) is 0 Å². The van der Waals surface area contributed by atoms with Gasteiger partial charge in [-0.15, -0.1) is 0 Å². The molecule has 1 aliphatic rings. The van der Waals surface area contributed by atoms with Crippen LogP contribution in [-0.4, -0.2) is 6.04 Å². The third-order valence-corrected chi connectivity index (χ3v) is 3.55.